The molecule has 0 radical (unpaired) electrons. The van der Waals surface area contributed by atoms with E-state index < -0.39 is 10.1 Å². The smallest absolute Gasteiger partial charge is 0.261 e. The summed E-state index contributed by atoms with van der Waals surface area (Å²) in [6.45, 7) is 0.605. The van der Waals surface area contributed by atoms with Gasteiger partial charge in [-0.3, -0.25) is 4.55 Å². The summed E-state index contributed by atoms with van der Waals surface area (Å²) in [6.07, 6.45) is 0.715. The Morgan fingerprint density at radius 1 is 1.36 bits per heavy atom. The monoisotopic (exact) mass is 235 g/mol. The molecule has 0 unspecified atom stereocenters. The van der Waals surface area contributed by atoms with Gasteiger partial charge in [0.25, 0.3) is 10.1 Å². The summed E-state index contributed by atoms with van der Waals surface area (Å²) in [5, 5.41) is 0. The highest BCUT2D eigenvalue weighted by molar-refractivity contribution is 7.85. The third-order valence-corrected chi connectivity index (χ3v) is 1.47. The van der Waals surface area contributed by atoms with Gasteiger partial charge in [0.1, 0.15) is 0 Å². The summed E-state index contributed by atoms with van der Waals surface area (Å²) >= 11 is 4.13. The van der Waals surface area contributed by atoms with E-state index in [1.807, 2.05) is 24.3 Å². The van der Waals surface area contributed by atoms with E-state index in [4.69, 9.17) is 10.3 Å². The molecule has 0 aromatic heterocycles. The van der Waals surface area contributed by atoms with Gasteiger partial charge >= 0.3 is 0 Å². The molecule has 0 aliphatic rings. The average Bonchev–Trinajstić information content (AvgIpc) is 2.03. The zero-order valence-electron chi connectivity index (χ0n) is 7.71. The number of thiol groups is 1. The van der Waals surface area contributed by atoms with Crippen molar-refractivity contribution in [2.75, 3.05) is 6.26 Å². The second kappa shape index (κ2) is 6.02. The predicted molar refractivity (Wildman–Crippen MR) is 59.1 cm³/mol. The molecule has 3 N–H and O–H groups in total. The lowest BCUT2D eigenvalue weighted by Gasteiger charge is -1.94. The van der Waals surface area contributed by atoms with Crippen molar-refractivity contribution < 1.29 is 13.0 Å². The van der Waals surface area contributed by atoms with Crippen LogP contribution in [0.4, 0.5) is 0 Å². The van der Waals surface area contributed by atoms with Gasteiger partial charge in [-0.15, -0.1) is 12.6 Å². The number of hydrogen-bond acceptors (Lipinski definition) is 4. The van der Waals surface area contributed by atoms with Crippen molar-refractivity contribution in [3.63, 3.8) is 0 Å². The van der Waals surface area contributed by atoms with Crippen LogP contribution in [0.3, 0.4) is 0 Å². The van der Waals surface area contributed by atoms with Crippen LogP contribution in [0, 0.1) is 0 Å². The molecule has 0 heterocycles. The van der Waals surface area contributed by atoms with Crippen LogP contribution >= 0.6 is 12.6 Å². The van der Waals surface area contributed by atoms with Crippen molar-refractivity contribution in [3.8, 4) is 0 Å². The topological polar surface area (TPSA) is 80.4 Å². The molecule has 0 saturated carbocycles. The van der Waals surface area contributed by atoms with E-state index in [9.17, 15) is 8.42 Å². The lowest BCUT2D eigenvalue weighted by molar-refractivity contribution is 0.490. The van der Waals surface area contributed by atoms with Gasteiger partial charge in [-0.05, 0) is 17.7 Å². The molecule has 14 heavy (non-hydrogen) atoms. The Morgan fingerprint density at radius 3 is 2.00 bits per heavy atom. The molecule has 0 saturated heterocycles. The average molecular weight is 235 g/mol. The van der Waals surface area contributed by atoms with E-state index in [-0.39, 0.29) is 0 Å². The number of nitrogens with two attached hydrogens (primary N) is 1. The molecule has 1 rings (SSSR count). The summed E-state index contributed by atoms with van der Waals surface area (Å²) in [5.41, 5.74) is 6.52. The molecule has 1 aromatic carbocycles. The number of benzene rings is 1. The molecular formula is C8H13NO3S2. The maximum Gasteiger partial charge on any atom is 0.261 e. The number of hydrogen-bond donors (Lipinski definition) is 3. The van der Waals surface area contributed by atoms with Crippen LogP contribution in [-0.2, 0) is 16.7 Å². The molecule has 1 aromatic rings. The van der Waals surface area contributed by atoms with Gasteiger partial charge in [-0.1, -0.05) is 12.1 Å². The first-order chi connectivity index (χ1) is 6.33. The van der Waals surface area contributed by atoms with Gasteiger partial charge in [0, 0.05) is 11.4 Å². The molecule has 80 valence electrons. The first kappa shape index (κ1) is 13.4. The highest BCUT2D eigenvalue weighted by Crippen LogP contribution is 2.06. The van der Waals surface area contributed by atoms with Crippen LogP contribution in [0.1, 0.15) is 5.56 Å². The summed E-state index contributed by atoms with van der Waals surface area (Å²) < 4.78 is 25.9. The van der Waals surface area contributed by atoms with Crippen molar-refractivity contribution >= 4 is 22.7 Å². The second-order valence-electron chi connectivity index (χ2n) is 2.60. The Labute approximate surface area is 89.3 Å². The second-order valence-corrected chi connectivity index (χ2v) is 4.59. The fraction of sp³-hybridized carbons (Fsp3) is 0.250. The Balaban J connectivity index is 0.000000292. The van der Waals surface area contributed by atoms with Crippen LogP contribution in [0.15, 0.2) is 29.2 Å². The van der Waals surface area contributed by atoms with E-state index in [2.05, 4.69) is 12.6 Å². The van der Waals surface area contributed by atoms with Crippen LogP contribution < -0.4 is 5.73 Å². The molecule has 0 aliphatic carbocycles. The number of rotatable bonds is 1. The van der Waals surface area contributed by atoms with Gasteiger partial charge in [0.15, 0.2) is 0 Å². The van der Waals surface area contributed by atoms with Crippen molar-refractivity contribution in [1.82, 2.24) is 0 Å². The lowest BCUT2D eigenvalue weighted by Crippen LogP contribution is -1.94. The van der Waals surface area contributed by atoms with Gasteiger partial charge in [-0.25, -0.2) is 0 Å². The zero-order chi connectivity index (χ0) is 11.2. The first-order valence-corrected chi connectivity index (χ1v) is 6.03. The zero-order valence-corrected chi connectivity index (χ0v) is 9.42. The maximum atomic E-state index is 9.19. The maximum absolute atomic E-state index is 9.19. The molecule has 0 spiro atoms. The predicted octanol–water partition coefficient (Wildman–Crippen LogP) is 0.938. The van der Waals surface area contributed by atoms with E-state index in [1.54, 1.807) is 0 Å². The van der Waals surface area contributed by atoms with E-state index >= 15 is 0 Å². The van der Waals surface area contributed by atoms with Crippen LogP contribution in [-0.4, -0.2) is 19.2 Å². The van der Waals surface area contributed by atoms with Crippen molar-refractivity contribution in [3.05, 3.63) is 29.8 Å². The van der Waals surface area contributed by atoms with Crippen molar-refractivity contribution in [1.29, 1.82) is 0 Å². The Hall–Kier alpha value is -0.560. The summed E-state index contributed by atoms with van der Waals surface area (Å²) in [6, 6.07) is 7.82. The third kappa shape index (κ3) is 9.53. The molecule has 0 bridgehead atoms. The first-order valence-electron chi connectivity index (χ1n) is 3.73. The minimum atomic E-state index is -3.67. The van der Waals surface area contributed by atoms with Gasteiger partial charge in [0.05, 0.1) is 6.26 Å². The molecule has 0 aliphatic heterocycles. The SMILES string of the molecule is CS(=O)(=O)O.NCc1ccc(S)cc1. The van der Waals surface area contributed by atoms with Crippen LogP contribution in [0.25, 0.3) is 0 Å². The highest BCUT2D eigenvalue weighted by atomic mass is 32.2. The molecular weight excluding hydrogens is 222 g/mol. The van der Waals surface area contributed by atoms with Crippen molar-refractivity contribution in [2.24, 2.45) is 5.73 Å². The van der Waals surface area contributed by atoms with Crippen LogP contribution in [0.5, 0.6) is 0 Å². The fourth-order valence-corrected chi connectivity index (χ4v) is 0.781. The molecule has 4 nitrogen and oxygen atoms in total. The normalized spacial score (nSPS) is 10.3. The molecule has 6 heteroatoms. The Bertz CT molecular complexity index is 351. The Kier molecular flexibility index (Phi) is 5.78. The summed E-state index contributed by atoms with van der Waals surface area (Å²) in [7, 11) is -3.67. The molecule has 0 fully saturated rings. The largest absolute Gasteiger partial charge is 0.326 e. The van der Waals surface area contributed by atoms with Crippen LogP contribution in [0.2, 0.25) is 0 Å². The quantitative estimate of drug-likeness (QED) is 0.500. The summed E-state index contributed by atoms with van der Waals surface area (Å²) in [5.74, 6) is 0. The molecule has 0 amide bonds. The third-order valence-electron chi connectivity index (χ3n) is 1.17. The van der Waals surface area contributed by atoms with Crippen molar-refractivity contribution in [2.45, 2.75) is 11.4 Å². The van der Waals surface area contributed by atoms with Gasteiger partial charge in [0.2, 0.25) is 0 Å². The van der Waals surface area contributed by atoms with E-state index in [0.29, 0.717) is 12.8 Å². The van der Waals surface area contributed by atoms with E-state index in [0.717, 1.165) is 10.5 Å². The highest BCUT2D eigenvalue weighted by Gasteiger charge is 1.85. The summed E-state index contributed by atoms with van der Waals surface area (Å²) in [4.78, 5) is 0.979. The minimum absolute atomic E-state index is 0.605. The lowest BCUT2D eigenvalue weighted by atomic mass is 10.2. The van der Waals surface area contributed by atoms with Gasteiger partial charge < -0.3 is 5.73 Å². The minimum Gasteiger partial charge on any atom is -0.326 e. The van der Waals surface area contributed by atoms with Gasteiger partial charge in [-0.2, -0.15) is 8.42 Å². The fourth-order valence-electron chi connectivity index (χ4n) is 0.632. The Morgan fingerprint density at radius 2 is 1.71 bits per heavy atom. The molecule has 0 atom stereocenters. The standard InChI is InChI=1S/C7H9NS.CH4O3S/c8-5-6-1-3-7(9)4-2-6;1-5(2,3)4/h1-4,9H,5,8H2;1H3,(H,2,3,4). The van der Waals surface area contributed by atoms with E-state index in [1.165, 1.54) is 0 Å².